The van der Waals surface area contributed by atoms with Gasteiger partial charge in [0.25, 0.3) is 0 Å². The van der Waals surface area contributed by atoms with Gasteiger partial charge in [-0.3, -0.25) is 4.79 Å². The van der Waals surface area contributed by atoms with E-state index in [0.717, 1.165) is 6.42 Å². The van der Waals surface area contributed by atoms with Crippen molar-refractivity contribution in [1.82, 2.24) is 5.32 Å². The smallest absolute Gasteiger partial charge is 0.244 e. The van der Waals surface area contributed by atoms with Crippen LogP contribution in [-0.2, 0) is 14.6 Å². The van der Waals surface area contributed by atoms with Gasteiger partial charge >= 0.3 is 0 Å². The van der Waals surface area contributed by atoms with Crippen molar-refractivity contribution in [2.24, 2.45) is 0 Å². The van der Waals surface area contributed by atoms with Gasteiger partial charge in [-0.2, -0.15) is 0 Å². The van der Waals surface area contributed by atoms with E-state index in [1.807, 2.05) is 6.92 Å². The van der Waals surface area contributed by atoms with Crippen LogP contribution < -0.4 is 14.8 Å². The van der Waals surface area contributed by atoms with Gasteiger partial charge in [0, 0.05) is 12.1 Å². The second kappa shape index (κ2) is 8.58. The molecule has 1 unspecified atom stereocenters. The third kappa shape index (κ3) is 5.64. The van der Waals surface area contributed by atoms with Crippen molar-refractivity contribution in [2.75, 3.05) is 25.2 Å². The van der Waals surface area contributed by atoms with E-state index >= 15 is 0 Å². The number of carbonyl (C=O) groups excluding carboxylic acids is 1. The summed E-state index contributed by atoms with van der Waals surface area (Å²) in [4.78, 5) is 11.9. The molecule has 1 heterocycles. The standard InChI is InChI=1S/C17H22ClNO5S/c1-3-7-24-17-14(18)9-12(10-15(17)23-2)4-5-16(20)19-13-6-8-25(21,22)11-13/h4-5,9-10,13H,3,6-8,11H2,1-2H3,(H,19,20)/b5-4+. The van der Waals surface area contributed by atoms with Crippen LogP contribution in [0.25, 0.3) is 6.08 Å². The summed E-state index contributed by atoms with van der Waals surface area (Å²) >= 11 is 6.23. The van der Waals surface area contributed by atoms with Crippen LogP contribution in [0.4, 0.5) is 0 Å². The SMILES string of the molecule is CCCOc1c(Cl)cc(/C=C/C(=O)NC2CCS(=O)(=O)C2)cc1OC. The van der Waals surface area contributed by atoms with E-state index in [1.165, 1.54) is 13.2 Å². The summed E-state index contributed by atoms with van der Waals surface area (Å²) in [6, 6.07) is 3.07. The van der Waals surface area contributed by atoms with E-state index in [0.29, 0.717) is 35.1 Å². The Labute approximate surface area is 153 Å². The zero-order valence-corrected chi connectivity index (χ0v) is 15.8. The molecule has 1 aromatic rings. The fraction of sp³-hybridized carbons (Fsp3) is 0.471. The number of methoxy groups -OCH3 is 1. The van der Waals surface area contributed by atoms with Crippen LogP contribution in [0.3, 0.4) is 0 Å². The van der Waals surface area contributed by atoms with Crippen molar-refractivity contribution in [3.8, 4) is 11.5 Å². The lowest BCUT2D eigenvalue weighted by Crippen LogP contribution is -2.34. The third-order valence-electron chi connectivity index (χ3n) is 3.71. The molecule has 0 saturated carbocycles. The molecule has 1 saturated heterocycles. The van der Waals surface area contributed by atoms with Crippen molar-refractivity contribution >= 4 is 33.4 Å². The molecular formula is C17H22ClNO5S. The molecule has 1 aliphatic heterocycles. The topological polar surface area (TPSA) is 81.7 Å². The minimum Gasteiger partial charge on any atom is -0.493 e. The maximum atomic E-state index is 11.9. The van der Waals surface area contributed by atoms with E-state index in [1.54, 1.807) is 18.2 Å². The zero-order valence-electron chi connectivity index (χ0n) is 14.2. The van der Waals surface area contributed by atoms with Crippen LogP contribution >= 0.6 is 11.6 Å². The first-order valence-corrected chi connectivity index (χ1v) is 10.2. The Balaban J connectivity index is 2.05. The number of hydrogen-bond acceptors (Lipinski definition) is 5. The molecule has 0 radical (unpaired) electrons. The number of sulfone groups is 1. The van der Waals surface area contributed by atoms with Gasteiger partial charge in [-0.25, -0.2) is 8.42 Å². The van der Waals surface area contributed by atoms with Gasteiger partial charge in [0.15, 0.2) is 21.3 Å². The minimum absolute atomic E-state index is 0.00427. The van der Waals surface area contributed by atoms with Crippen LogP contribution in [0, 0.1) is 0 Å². The highest BCUT2D eigenvalue weighted by molar-refractivity contribution is 7.91. The lowest BCUT2D eigenvalue weighted by molar-refractivity contribution is -0.116. The molecule has 1 amide bonds. The van der Waals surface area contributed by atoms with Gasteiger partial charge in [0.1, 0.15) is 0 Å². The van der Waals surface area contributed by atoms with Crippen molar-refractivity contribution in [3.63, 3.8) is 0 Å². The fourth-order valence-corrected chi connectivity index (χ4v) is 4.46. The second-order valence-corrected chi connectivity index (χ2v) is 8.46. The highest BCUT2D eigenvalue weighted by atomic mass is 35.5. The summed E-state index contributed by atoms with van der Waals surface area (Å²) in [7, 11) is -1.50. The van der Waals surface area contributed by atoms with Crippen LogP contribution in [0.2, 0.25) is 5.02 Å². The summed E-state index contributed by atoms with van der Waals surface area (Å²) in [6.07, 6.45) is 4.24. The van der Waals surface area contributed by atoms with Crippen LogP contribution in [0.5, 0.6) is 11.5 Å². The van der Waals surface area contributed by atoms with Gasteiger partial charge < -0.3 is 14.8 Å². The van der Waals surface area contributed by atoms with Crippen molar-refractivity contribution in [3.05, 3.63) is 28.8 Å². The van der Waals surface area contributed by atoms with Gasteiger partial charge in [-0.1, -0.05) is 18.5 Å². The maximum Gasteiger partial charge on any atom is 0.244 e. The summed E-state index contributed by atoms with van der Waals surface area (Å²) in [5.74, 6) is 0.735. The number of amides is 1. The van der Waals surface area contributed by atoms with E-state index in [2.05, 4.69) is 5.32 Å². The van der Waals surface area contributed by atoms with Gasteiger partial charge in [-0.05, 0) is 36.6 Å². The van der Waals surface area contributed by atoms with Crippen LogP contribution in [0.15, 0.2) is 18.2 Å². The number of halogens is 1. The first-order valence-electron chi connectivity index (χ1n) is 8.04. The number of ether oxygens (including phenoxy) is 2. The molecule has 0 bridgehead atoms. The first kappa shape index (κ1) is 19.6. The predicted molar refractivity (Wildman–Crippen MR) is 98.0 cm³/mol. The average molecular weight is 388 g/mol. The Morgan fingerprint density at radius 3 is 2.80 bits per heavy atom. The first-order chi connectivity index (χ1) is 11.8. The fourth-order valence-electron chi connectivity index (χ4n) is 2.51. The number of hydrogen-bond donors (Lipinski definition) is 1. The Morgan fingerprint density at radius 1 is 1.44 bits per heavy atom. The molecule has 6 nitrogen and oxygen atoms in total. The summed E-state index contributed by atoms with van der Waals surface area (Å²) in [6.45, 7) is 2.52. The highest BCUT2D eigenvalue weighted by Gasteiger charge is 2.28. The number of rotatable bonds is 7. The number of nitrogens with one attached hydrogen (secondary N) is 1. The van der Waals surface area contributed by atoms with Crippen LogP contribution in [0.1, 0.15) is 25.3 Å². The summed E-state index contributed by atoms with van der Waals surface area (Å²) in [5, 5.41) is 3.09. The number of carbonyl (C=O) groups is 1. The normalized spacial score (nSPS) is 19.1. The molecule has 1 aliphatic rings. The highest BCUT2D eigenvalue weighted by Crippen LogP contribution is 2.36. The molecule has 1 fully saturated rings. The van der Waals surface area contributed by atoms with Crippen molar-refractivity contribution in [1.29, 1.82) is 0 Å². The van der Waals surface area contributed by atoms with Crippen molar-refractivity contribution in [2.45, 2.75) is 25.8 Å². The molecule has 0 aromatic heterocycles. The quantitative estimate of drug-likeness (QED) is 0.727. The van der Waals surface area contributed by atoms with E-state index < -0.39 is 9.84 Å². The Morgan fingerprint density at radius 2 is 2.20 bits per heavy atom. The number of benzene rings is 1. The third-order valence-corrected chi connectivity index (χ3v) is 5.76. The summed E-state index contributed by atoms with van der Waals surface area (Å²) in [5.41, 5.74) is 0.680. The van der Waals surface area contributed by atoms with Gasteiger partial charge in [0.05, 0.1) is 30.2 Å². The molecule has 138 valence electrons. The van der Waals surface area contributed by atoms with E-state index in [-0.39, 0.29) is 23.5 Å². The molecule has 1 atom stereocenters. The van der Waals surface area contributed by atoms with Crippen LogP contribution in [-0.4, -0.2) is 45.6 Å². The zero-order chi connectivity index (χ0) is 18.4. The van der Waals surface area contributed by atoms with E-state index in [9.17, 15) is 13.2 Å². The molecular weight excluding hydrogens is 366 g/mol. The predicted octanol–water partition coefficient (Wildman–Crippen LogP) is 2.45. The maximum absolute atomic E-state index is 11.9. The molecule has 2 rings (SSSR count). The molecule has 0 aliphatic carbocycles. The van der Waals surface area contributed by atoms with Gasteiger partial charge in [-0.15, -0.1) is 0 Å². The lowest BCUT2D eigenvalue weighted by atomic mass is 10.1. The second-order valence-electron chi connectivity index (χ2n) is 5.82. The molecule has 8 heteroatoms. The van der Waals surface area contributed by atoms with E-state index in [4.69, 9.17) is 21.1 Å². The lowest BCUT2D eigenvalue weighted by Gasteiger charge is -2.12. The molecule has 1 N–H and O–H groups in total. The Bertz CT molecular complexity index is 761. The van der Waals surface area contributed by atoms with Gasteiger partial charge in [0.2, 0.25) is 5.91 Å². The molecule has 1 aromatic carbocycles. The minimum atomic E-state index is -3.02. The largest absolute Gasteiger partial charge is 0.493 e. The Hall–Kier alpha value is -1.73. The summed E-state index contributed by atoms with van der Waals surface area (Å²) < 4.78 is 33.7. The average Bonchev–Trinajstić information content (AvgIpc) is 2.90. The molecule has 25 heavy (non-hydrogen) atoms. The molecule has 0 spiro atoms. The van der Waals surface area contributed by atoms with Crippen molar-refractivity contribution < 1.29 is 22.7 Å². The monoisotopic (exact) mass is 387 g/mol. The Kier molecular flexibility index (Phi) is 6.72.